The number of benzene rings is 1. The molecule has 1 aromatic carbocycles. The summed E-state index contributed by atoms with van der Waals surface area (Å²) in [5.74, 6) is 0.990. The Morgan fingerprint density at radius 3 is 2.20 bits per heavy atom. The highest BCUT2D eigenvalue weighted by Gasteiger charge is 2.24. The molecular weight excluding hydrogens is 320 g/mol. The Morgan fingerprint density at radius 1 is 1.08 bits per heavy atom. The van der Waals surface area contributed by atoms with Gasteiger partial charge in [-0.1, -0.05) is 0 Å². The molecule has 1 fully saturated rings. The van der Waals surface area contributed by atoms with Crippen LogP contribution in [0.2, 0.25) is 0 Å². The van der Waals surface area contributed by atoms with Crippen LogP contribution < -0.4 is 14.5 Å². The molecule has 0 aliphatic carbocycles. The summed E-state index contributed by atoms with van der Waals surface area (Å²) < 4.78 is 5.18. The largest absolute Gasteiger partial charge is 0.497 e. The van der Waals surface area contributed by atoms with Crippen LogP contribution in [0.1, 0.15) is 0 Å². The van der Waals surface area contributed by atoms with Gasteiger partial charge in [-0.15, -0.1) is 0 Å². The molecule has 1 unspecified atom stereocenters. The van der Waals surface area contributed by atoms with E-state index in [0.717, 1.165) is 29.4 Å². The molecule has 138 valence electrons. The van der Waals surface area contributed by atoms with Gasteiger partial charge in [0.2, 0.25) is 0 Å². The molecule has 2 rings (SSSR count). The molecule has 1 saturated heterocycles. The number of ether oxygens (including phenoxy) is 1. The highest BCUT2D eigenvalue weighted by molar-refractivity contribution is 5.79. The first-order chi connectivity index (χ1) is 11.9. The summed E-state index contributed by atoms with van der Waals surface area (Å²) in [6.07, 6.45) is 0. The topological polar surface area (TPSA) is 57.5 Å². The van der Waals surface area contributed by atoms with Gasteiger partial charge in [0, 0.05) is 46.0 Å². The minimum Gasteiger partial charge on any atom is -0.497 e. The average molecular weight is 349 g/mol. The maximum absolute atomic E-state index is 12.4. The number of anilines is 1. The van der Waals surface area contributed by atoms with Gasteiger partial charge in [-0.25, -0.2) is 0 Å². The quantitative estimate of drug-likeness (QED) is 0.712. The van der Waals surface area contributed by atoms with E-state index in [1.165, 1.54) is 0 Å². The van der Waals surface area contributed by atoms with Crippen molar-refractivity contribution in [2.24, 2.45) is 0 Å². The van der Waals surface area contributed by atoms with E-state index < -0.39 is 0 Å². The molecule has 1 N–H and O–H groups in total. The van der Waals surface area contributed by atoms with Crippen LogP contribution in [0.25, 0.3) is 0 Å². The number of nitrogens with zero attached hydrogens (tertiary/aromatic N) is 3. The number of hydrogen-bond donors (Lipinski definition) is 1. The van der Waals surface area contributed by atoms with Crippen LogP contribution in [0.15, 0.2) is 24.3 Å². The third-order valence-corrected chi connectivity index (χ3v) is 4.47. The molecule has 7 nitrogen and oxygen atoms in total. The Balaban J connectivity index is 1.80. The summed E-state index contributed by atoms with van der Waals surface area (Å²) in [7, 11) is 7.00. The minimum absolute atomic E-state index is 0.0367. The van der Waals surface area contributed by atoms with Crippen LogP contribution in [0, 0.1) is 0 Å². The van der Waals surface area contributed by atoms with E-state index >= 15 is 0 Å². The molecule has 25 heavy (non-hydrogen) atoms. The third kappa shape index (κ3) is 5.35. The number of carbonyl (C=O) groups is 2. The second-order valence-corrected chi connectivity index (χ2v) is 6.66. The number of amides is 2. The maximum Gasteiger partial charge on any atom is 0.277 e. The zero-order chi connectivity index (χ0) is 18.4. The van der Waals surface area contributed by atoms with Gasteiger partial charge in [-0.2, -0.15) is 0 Å². The number of rotatable bonds is 6. The average Bonchev–Trinajstić information content (AvgIpc) is 2.61. The molecule has 0 bridgehead atoms. The third-order valence-electron chi connectivity index (χ3n) is 4.47. The molecule has 0 aromatic heterocycles. The molecule has 1 aliphatic heterocycles. The van der Waals surface area contributed by atoms with Gasteiger partial charge >= 0.3 is 0 Å². The molecule has 2 amide bonds. The van der Waals surface area contributed by atoms with E-state index in [0.29, 0.717) is 26.2 Å². The summed E-state index contributed by atoms with van der Waals surface area (Å²) in [6.45, 7) is 3.73. The molecule has 0 saturated carbocycles. The first-order valence-electron chi connectivity index (χ1n) is 8.59. The number of likely N-dealkylation sites (N-methyl/N-ethyl adjacent to an activating group) is 2. The molecule has 0 spiro atoms. The molecule has 1 aliphatic rings. The normalized spacial score (nSPS) is 15.7. The fourth-order valence-electron chi connectivity index (χ4n) is 2.86. The van der Waals surface area contributed by atoms with Gasteiger partial charge in [0.05, 0.1) is 14.2 Å². The van der Waals surface area contributed by atoms with E-state index in [-0.39, 0.29) is 11.8 Å². The van der Waals surface area contributed by atoms with E-state index in [4.69, 9.17) is 4.74 Å². The highest BCUT2D eigenvalue weighted by atomic mass is 16.5. The number of hydrogen-bond acceptors (Lipinski definition) is 4. The summed E-state index contributed by atoms with van der Waals surface area (Å²) in [6, 6.07) is 7.99. The standard InChI is InChI=1S/C18H28N4O3/c1-19(2)17(23)13-20(3)14-18(24)22-11-9-21(10-12-22)15-5-7-16(25-4)8-6-15/h5-8H,9-14H2,1-4H3/p+1. The number of nitrogens with one attached hydrogen (secondary N) is 1. The Morgan fingerprint density at radius 2 is 1.68 bits per heavy atom. The van der Waals surface area contributed by atoms with Crippen molar-refractivity contribution in [1.29, 1.82) is 0 Å². The van der Waals surface area contributed by atoms with Gasteiger partial charge in [-0.05, 0) is 24.3 Å². The lowest BCUT2D eigenvalue weighted by atomic mass is 10.2. The van der Waals surface area contributed by atoms with E-state index in [2.05, 4.69) is 4.90 Å². The monoisotopic (exact) mass is 349 g/mol. The highest BCUT2D eigenvalue weighted by Crippen LogP contribution is 2.20. The summed E-state index contributed by atoms with van der Waals surface area (Å²) >= 11 is 0. The minimum atomic E-state index is 0.0367. The van der Waals surface area contributed by atoms with E-state index in [9.17, 15) is 9.59 Å². The van der Waals surface area contributed by atoms with Crippen LogP contribution >= 0.6 is 0 Å². The van der Waals surface area contributed by atoms with Gasteiger partial charge in [0.25, 0.3) is 11.8 Å². The van der Waals surface area contributed by atoms with Crippen molar-refractivity contribution in [3.05, 3.63) is 24.3 Å². The molecule has 1 heterocycles. The number of piperazine rings is 1. The van der Waals surface area contributed by atoms with Crippen molar-refractivity contribution in [3.63, 3.8) is 0 Å². The van der Waals surface area contributed by atoms with Gasteiger partial charge < -0.3 is 24.3 Å². The Labute approximate surface area is 149 Å². The van der Waals surface area contributed by atoms with Crippen molar-refractivity contribution in [3.8, 4) is 5.75 Å². The van der Waals surface area contributed by atoms with Crippen LogP contribution in [0.5, 0.6) is 5.75 Å². The van der Waals surface area contributed by atoms with Crippen molar-refractivity contribution >= 4 is 17.5 Å². The van der Waals surface area contributed by atoms with E-state index in [1.807, 2.05) is 36.2 Å². The zero-order valence-electron chi connectivity index (χ0n) is 15.6. The predicted octanol–water partition coefficient (Wildman–Crippen LogP) is -1.05. The number of methoxy groups -OCH3 is 1. The fraction of sp³-hybridized carbons (Fsp3) is 0.556. The first-order valence-corrected chi connectivity index (χ1v) is 8.59. The first kappa shape index (κ1) is 19.1. The van der Waals surface area contributed by atoms with Crippen LogP contribution in [-0.4, -0.2) is 89.1 Å². The molecular formula is C18H29N4O3+. The SMILES string of the molecule is COc1ccc(N2CCN(C(=O)C[NH+](C)CC(=O)N(C)C)CC2)cc1. The number of quaternary nitrogens is 1. The molecule has 7 heteroatoms. The lowest BCUT2D eigenvalue weighted by molar-refractivity contribution is -0.863. The Kier molecular flexibility index (Phi) is 6.64. The predicted molar refractivity (Wildman–Crippen MR) is 97.1 cm³/mol. The van der Waals surface area contributed by atoms with Crippen molar-refractivity contribution in [1.82, 2.24) is 9.80 Å². The van der Waals surface area contributed by atoms with Gasteiger partial charge in [-0.3, -0.25) is 9.59 Å². The second kappa shape index (κ2) is 8.71. The molecule has 1 aromatic rings. The van der Waals surface area contributed by atoms with Crippen molar-refractivity contribution in [2.45, 2.75) is 0 Å². The smallest absolute Gasteiger partial charge is 0.277 e. The maximum atomic E-state index is 12.4. The summed E-state index contributed by atoms with van der Waals surface area (Å²) in [5.41, 5.74) is 1.15. The van der Waals surface area contributed by atoms with Gasteiger partial charge in [0.15, 0.2) is 13.1 Å². The zero-order valence-corrected chi connectivity index (χ0v) is 15.6. The molecule has 1 atom stereocenters. The molecule has 0 radical (unpaired) electrons. The van der Waals surface area contributed by atoms with Crippen molar-refractivity contribution < 1.29 is 19.2 Å². The summed E-state index contributed by atoms with van der Waals surface area (Å²) in [5, 5.41) is 0. The lowest BCUT2D eigenvalue weighted by Crippen LogP contribution is -3.11. The fourth-order valence-corrected chi connectivity index (χ4v) is 2.86. The Hall–Kier alpha value is -2.28. The van der Waals surface area contributed by atoms with Crippen LogP contribution in [-0.2, 0) is 9.59 Å². The van der Waals surface area contributed by atoms with Gasteiger partial charge in [0.1, 0.15) is 5.75 Å². The second-order valence-electron chi connectivity index (χ2n) is 6.66. The van der Waals surface area contributed by atoms with Crippen molar-refractivity contribution in [2.75, 3.05) is 72.4 Å². The van der Waals surface area contributed by atoms with Crippen LogP contribution in [0.3, 0.4) is 0 Å². The lowest BCUT2D eigenvalue weighted by Gasteiger charge is -2.36. The summed E-state index contributed by atoms with van der Waals surface area (Å²) in [4.78, 5) is 30.8. The van der Waals surface area contributed by atoms with Crippen LogP contribution in [0.4, 0.5) is 5.69 Å². The Bertz CT molecular complexity index is 580. The van der Waals surface area contributed by atoms with E-state index in [1.54, 1.807) is 26.1 Å². The number of carbonyl (C=O) groups excluding carboxylic acids is 2.